The minimum atomic E-state index is 0.446. The van der Waals surface area contributed by atoms with Gasteiger partial charge in [0.2, 0.25) is 0 Å². The van der Waals surface area contributed by atoms with E-state index in [2.05, 4.69) is 74.3 Å². The molecule has 1 aliphatic rings. The Morgan fingerprint density at radius 2 is 1.11 bits per heavy atom. The molecule has 0 aromatic carbocycles. The van der Waals surface area contributed by atoms with Gasteiger partial charge >= 0.3 is 0 Å². The Morgan fingerprint density at radius 1 is 0.741 bits per heavy atom. The van der Waals surface area contributed by atoms with E-state index in [1.54, 1.807) is 0 Å². The van der Waals surface area contributed by atoms with Gasteiger partial charge in [-0.1, -0.05) is 88.0 Å². The lowest BCUT2D eigenvalue weighted by Crippen LogP contribution is -2.37. The first-order valence-electron chi connectivity index (χ1n) is 11.9. The second kappa shape index (κ2) is 11.2. The van der Waals surface area contributed by atoms with E-state index in [0.29, 0.717) is 22.3 Å². The molecule has 0 aliphatic heterocycles. The summed E-state index contributed by atoms with van der Waals surface area (Å²) in [6, 6.07) is 0.653. The minimum Gasteiger partial charge on any atom is -0.303 e. The first-order valence-corrected chi connectivity index (χ1v) is 11.9. The molecule has 0 radical (unpaired) electrons. The van der Waals surface area contributed by atoms with Crippen molar-refractivity contribution in [2.75, 3.05) is 13.6 Å². The predicted molar refractivity (Wildman–Crippen MR) is 125 cm³/mol. The third-order valence-electron chi connectivity index (χ3n) is 6.22. The molecule has 1 rings (SSSR count). The highest BCUT2D eigenvalue weighted by atomic mass is 15.1. The van der Waals surface area contributed by atoms with E-state index in [-0.39, 0.29) is 0 Å². The van der Waals surface area contributed by atoms with Gasteiger partial charge in [0.1, 0.15) is 0 Å². The molecule has 0 atom stereocenters. The predicted octanol–water partition coefficient (Wildman–Crippen LogP) is 8.43. The standard InChI is InChI=1S/C24H49N.C2H6/c1-19(2)25(10)18-24(8,9)16-21-13-11-20(12-14-21)15-23(6,7)17-22(3,4)5;1-2/h19-21H,11-18H2,1-10H3;1-2H3. The summed E-state index contributed by atoms with van der Waals surface area (Å²) < 4.78 is 0. The fourth-order valence-corrected chi connectivity index (χ4v) is 5.63. The Kier molecular flexibility index (Phi) is 11.2. The van der Waals surface area contributed by atoms with E-state index in [9.17, 15) is 0 Å². The molecule has 0 aromatic rings. The first-order chi connectivity index (χ1) is 12.2. The van der Waals surface area contributed by atoms with Crippen LogP contribution in [0.1, 0.15) is 121 Å². The van der Waals surface area contributed by atoms with Crippen LogP contribution in [-0.2, 0) is 0 Å². The van der Waals surface area contributed by atoms with Gasteiger partial charge in [-0.15, -0.1) is 0 Å². The van der Waals surface area contributed by atoms with Crippen LogP contribution in [0.3, 0.4) is 0 Å². The Balaban J connectivity index is 0.00000326. The number of hydrogen-bond acceptors (Lipinski definition) is 1. The summed E-state index contributed by atoms with van der Waals surface area (Å²) in [6.45, 7) is 27.0. The smallest absolute Gasteiger partial charge is 0.00357 e. The Bertz CT molecular complexity index is 378. The van der Waals surface area contributed by atoms with Gasteiger partial charge in [-0.25, -0.2) is 0 Å². The third-order valence-corrected chi connectivity index (χ3v) is 6.22. The minimum absolute atomic E-state index is 0.446. The highest BCUT2D eigenvalue weighted by Crippen LogP contribution is 2.44. The van der Waals surface area contributed by atoms with Crippen LogP contribution in [0.4, 0.5) is 0 Å². The molecule has 0 bridgehead atoms. The van der Waals surface area contributed by atoms with Crippen LogP contribution in [0.5, 0.6) is 0 Å². The van der Waals surface area contributed by atoms with Crippen molar-refractivity contribution in [1.82, 2.24) is 4.90 Å². The van der Waals surface area contributed by atoms with Crippen molar-refractivity contribution in [3.8, 4) is 0 Å². The van der Waals surface area contributed by atoms with Gasteiger partial charge in [0.15, 0.2) is 0 Å². The fraction of sp³-hybridized carbons (Fsp3) is 1.00. The van der Waals surface area contributed by atoms with Crippen molar-refractivity contribution in [3.63, 3.8) is 0 Å². The van der Waals surface area contributed by atoms with Gasteiger partial charge < -0.3 is 4.90 Å². The fourth-order valence-electron chi connectivity index (χ4n) is 5.63. The molecule has 1 heteroatoms. The van der Waals surface area contributed by atoms with Crippen LogP contribution < -0.4 is 0 Å². The lowest BCUT2D eigenvalue weighted by Gasteiger charge is -2.40. The highest BCUT2D eigenvalue weighted by molar-refractivity contribution is 4.84. The van der Waals surface area contributed by atoms with Crippen LogP contribution in [0.25, 0.3) is 0 Å². The topological polar surface area (TPSA) is 3.24 Å². The molecule has 1 aliphatic carbocycles. The molecule has 1 fully saturated rings. The zero-order chi connectivity index (χ0) is 21.5. The molecule has 0 amide bonds. The lowest BCUT2D eigenvalue weighted by atomic mass is 9.67. The molecule has 0 aromatic heterocycles. The monoisotopic (exact) mass is 381 g/mol. The van der Waals surface area contributed by atoms with E-state index in [0.717, 1.165) is 11.8 Å². The maximum absolute atomic E-state index is 2.51. The highest BCUT2D eigenvalue weighted by Gasteiger charge is 2.32. The van der Waals surface area contributed by atoms with Gasteiger partial charge in [-0.3, -0.25) is 0 Å². The second-order valence-corrected chi connectivity index (χ2v) is 12.4. The summed E-state index contributed by atoms with van der Waals surface area (Å²) in [6.07, 6.45) is 10.0. The lowest BCUT2D eigenvalue weighted by molar-refractivity contribution is 0.109. The summed E-state index contributed by atoms with van der Waals surface area (Å²) in [5.74, 6) is 1.92. The van der Waals surface area contributed by atoms with Gasteiger partial charge in [-0.2, -0.15) is 0 Å². The second-order valence-electron chi connectivity index (χ2n) is 12.4. The number of hydrogen-bond donors (Lipinski definition) is 0. The molecule has 0 spiro atoms. The summed E-state index contributed by atoms with van der Waals surface area (Å²) >= 11 is 0. The van der Waals surface area contributed by atoms with Gasteiger partial charge in [-0.05, 0) is 68.2 Å². The van der Waals surface area contributed by atoms with Crippen LogP contribution in [-0.4, -0.2) is 24.5 Å². The van der Waals surface area contributed by atoms with Crippen molar-refractivity contribution in [1.29, 1.82) is 0 Å². The molecule has 0 N–H and O–H groups in total. The van der Waals surface area contributed by atoms with E-state index < -0.39 is 0 Å². The van der Waals surface area contributed by atoms with Crippen molar-refractivity contribution < 1.29 is 0 Å². The Hall–Kier alpha value is -0.0400. The van der Waals surface area contributed by atoms with E-state index >= 15 is 0 Å². The van der Waals surface area contributed by atoms with Crippen LogP contribution >= 0.6 is 0 Å². The number of nitrogens with zero attached hydrogens (tertiary/aromatic N) is 1. The van der Waals surface area contributed by atoms with Crippen molar-refractivity contribution in [2.24, 2.45) is 28.1 Å². The summed E-state index contributed by atoms with van der Waals surface area (Å²) in [5.41, 5.74) is 1.39. The van der Waals surface area contributed by atoms with E-state index in [4.69, 9.17) is 0 Å². The Labute approximate surface area is 174 Å². The maximum atomic E-state index is 2.51. The quantitative estimate of drug-likeness (QED) is 0.407. The van der Waals surface area contributed by atoms with Gasteiger partial charge in [0.25, 0.3) is 0 Å². The molecule has 0 unspecified atom stereocenters. The molecule has 0 heterocycles. The van der Waals surface area contributed by atoms with Crippen LogP contribution in [0.15, 0.2) is 0 Å². The van der Waals surface area contributed by atoms with Crippen molar-refractivity contribution in [3.05, 3.63) is 0 Å². The Morgan fingerprint density at radius 3 is 1.44 bits per heavy atom. The van der Waals surface area contributed by atoms with Crippen LogP contribution in [0.2, 0.25) is 0 Å². The summed E-state index contributed by atoms with van der Waals surface area (Å²) in [7, 11) is 2.28. The molecular weight excluding hydrogens is 326 g/mol. The zero-order valence-corrected chi connectivity index (χ0v) is 21.3. The molecule has 27 heavy (non-hydrogen) atoms. The molecule has 164 valence electrons. The zero-order valence-electron chi connectivity index (χ0n) is 21.3. The third kappa shape index (κ3) is 12.2. The van der Waals surface area contributed by atoms with Crippen LogP contribution in [0, 0.1) is 28.1 Å². The first kappa shape index (κ1) is 27.0. The van der Waals surface area contributed by atoms with Crippen molar-refractivity contribution in [2.45, 2.75) is 127 Å². The average molecular weight is 382 g/mol. The van der Waals surface area contributed by atoms with E-state index in [1.165, 1.54) is 51.5 Å². The summed E-state index contributed by atoms with van der Waals surface area (Å²) in [4.78, 5) is 2.51. The average Bonchev–Trinajstić information content (AvgIpc) is 2.47. The van der Waals surface area contributed by atoms with Crippen molar-refractivity contribution >= 4 is 0 Å². The summed E-state index contributed by atoms with van der Waals surface area (Å²) in [5, 5.41) is 0. The maximum Gasteiger partial charge on any atom is 0.00357 e. The van der Waals surface area contributed by atoms with Gasteiger partial charge in [0, 0.05) is 12.6 Å². The molecule has 0 saturated heterocycles. The SMILES string of the molecule is CC.CC(C)N(C)CC(C)(C)CC1CCC(CC(C)(C)CC(C)(C)C)CC1. The molecule has 1 saturated carbocycles. The van der Waals surface area contributed by atoms with E-state index in [1.807, 2.05) is 13.8 Å². The molecular formula is C26H55N. The largest absolute Gasteiger partial charge is 0.303 e. The normalized spacial score (nSPS) is 22.0. The number of rotatable bonds is 8. The van der Waals surface area contributed by atoms with Gasteiger partial charge in [0.05, 0.1) is 0 Å². The molecule has 1 nitrogen and oxygen atoms in total.